The van der Waals surface area contributed by atoms with Crippen molar-refractivity contribution in [2.24, 2.45) is 5.92 Å². The average molecular weight is 559 g/mol. The first-order valence-corrected chi connectivity index (χ1v) is 14.2. The number of fused-ring (bicyclic) bond motifs is 1. The Morgan fingerprint density at radius 2 is 1.60 bits per heavy atom. The van der Waals surface area contributed by atoms with Crippen LogP contribution in [0.2, 0.25) is 0 Å². The Morgan fingerprint density at radius 1 is 0.881 bits per heavy atom. The smallest absolute Gasteiger partial charge is 0.317 e. The number of nitrogens with one attached hydrogen (secondary N) is 1. The molecule has 1 aliphatic rings. The van der Waals surface area contributed by atoms with Crippen molar-refractivity contribution in [3.63, 3.8) is 0 Å². The second kappa shape index (κ2) is 10.4. The van der Waals surface area contributed by atoms with E-state index in [1.807, 2.05) is 47.0 Å². The van der Waals surface area contributed by atoms with Crippen LogP contribution in [0.25, 0.3) is 39.4 Å². The maximum absolute atomic E-state index is 14.1. The van der Waals surface area contributed by atoms with Gasteiger partial charge in [-0.05, 0) is 58.0 Å². The molecule has 6 aromatic rings. The maximum atomic E-state index is 14.1. The number of para-hydroxylation sites is 1. The second-order valence-corrected chi connectivity index (χ2v) is 11.2. The molecule has 10 heteroatoms. The summed E-state index contributed by atoms with van der Waals surface area (Å²) in [6, 6.07) is 25.4. The number of hydrogen-bond acceptors (Lipinski definition) is 6. The van der Waals surface area contributed by atoms with Gasteiger partial charge in [-0.1, -0.05) is 80.6 Å². The summed E-state index contributed by atoms with van der Waals surface area (Å²) in [5, 5.41) is 14.4. The van der Waals surface area contributed by atoms with Crippen LogP contribution in [0, 0.1) is 5.92 Å². The second-order valence-electron chi connectivity index (χ2n) is 11.2. The number of H-pyrrole nitrogens is 1. The Morgan fingerprint density at radius 3 is 2.26 bits per heavy atom. The van der Waals surface area contributed by atoms with Crippen molar-refractivity contribution in [2.45, 2.75) is 45.7 Å². The van der Waals surface area contributed by atoms with Gasteiger partial charge < -0.3 is 4.57 Å². The third-order valence-electron chi connectivity index (χ3n) is 7.86. The lowest BCUT2D eigenvalue weighted by Gasteiger charge is -2.14. The SMILES string of the molecule is CC(C)c1nc2c(c(=O)n(-c3ccccc3)c(=O)n2CC2CC2)n1Cc1ccc(-c2ccccc2-c2nnn[nH]2)cc1. The van der Waals surface area contributed by atoms with Crippen molar-refractivity contribution in [3.05, 3.63) is 111 Å². The number of aromatic nitrogens is 8. The van der Waals surface area contributed by atoms with Gasteiger partial charge in [0.15, 0.2) is 17.0 Å². The summed E-state index contributed by atoms with van der Waals surface area (Å²) in [6.45, 7) is 5.14. The molecule has 10 nitrogen and oxygen atoms in total. The lowest BCUT2D eigenvalue weighted by Crippen LogP contribution is -2.40. The molecule has 1 fully saturated rings. The van der Waals surface area contributed by atoms with Gasteiger partial charge in [0.1, 0.15) is 5.82 Å². The molecule has 0 unspecified atom stereocenters. The minimum Gasteiger partial charge on any atom is -0.317 e. The average Bonchev–Trinajstić information content (AvgIpc) is 3.50. The van der Waals surface area contributed by atoms with Gasteiger partial charge in [-0.2, -0.15) is 0 Å². The van der Waals surface area contributed by atoms with Gasteiger partial charge in [0, 0.05) is 24.6 Å². The molecule has 0 aliphatic heterocycles. The Hall–Kier alpha value is -5.12. The van der Waals surface area contributed by atoms with Gasteiger partial charge in [-0.15, -0.1) is 5.10 Å². The zero-order valence-electron chi connectivity index (χ0n) is 23.4. The predicted octanol–water partition coefficient (Wildman–Crippen LogP) is 4.78. The first-order valence-electron chi connectivity index (χ1n) is 14.2. The highest BCUT2D eigenvalue weighted by Gasteiger charge is 2.28. The third-order valence-corrected chi connectivity index (χ3v) is 7.86. The van der Waals surface area contributed by atoms with Crippen molar-refractivity contribution in [3.8, 4) is 28.2 Å². The third kappa shape index (κ3) is 4.54. The minimum atomic E-state index is -0.348. The number of rotatable bonds is 8. The molecule has 210 valence electrons. The fourth-order valence-corrected chi connectivity index (χ4v) is 5.58. The summed E-state index contributed by atoms with van der Waals surface area (Å²) in [6.07, 6.45) is 2.16. The molecule has 1 saturated carbocycles. The summed E-state index contributed by atoms with van der Waals surface area (Å²) in [5.41, 5.74) is 4.76. The van der Waals surface area contributed by atoms with E-state index in [2.05, 4.69) is 58.7 Å². The van der Waals surface area contributed by atoms with E-state index in [0.717, 1.165) is 40.9 Å². The zero-order valence-corrected chi connectivity index (χ0v) is 23.4. The van der Waals surface area contributed by atoms with Crippen LogP contribution in [0.4, 0.5) is 0 Å². The Balaban J connectivity index is 1.35. The van der Waals surface area contributed by atoms with Crippen molar-refractivity contribution in [1.82, 2.24) is 39.3 Å². The van der Waals surface area contributed by atoms with E-state index in [1.54, 1.807) is 16.7 Å². The van der Waals surface area contributed by atoms with Gasteiger partial charge in [0.25, 0.3) is 5.56 Å². The fourth-order valence-electron chi connectivity index (χ4n) is 5.58. The van der Waals surface area contributed by atoms with Crippen LogP contribution in [-0.4, -0.2) is 39.3 Å². The minimum absolute atomic E-state index is 0.0492. The monoisotopic (exact) mass is 558 g/mol. The number of nitrogens with zero attached hydrogens (tertiary/aromatic N) is 7. The number of benzene rings is 3. The highest BCUT2D eigenvalue weighted by Crippen LogP contribution is 2.32. The molecule has 0 spiro atoms. The van der Waals surface area contributed by atoms with Crippen LogP contribution < -0.4 is 11.2 Å². The summed E-state index contributed by atoms with van der Waals surface area (Å²) >= 11 is 0. The van der Waals surface area contributed by atoms with Crippen LogP contribution in [0.15, 0.2) is 88.5 Å². The van der Waals surface area contributed by atoms with Gasteiger partial charge in [-0.3, -0.25) is 9.36 Å². The van der Waals surface area contributed by atoms with Gasteiger partial charge in [0.05, 0.1) is 5.69 Å². The van der Waals surface area contributed by atoms with E-state index < -0.39 is 0 Å². The van der Waals surface area contributed by atoms with Crippen molar-refractivity contribution >= 4 is 11.2 Å². The Bertz CT molecular complexity index is 2000. The molecule has 1 aliphatic carbocycles. The molecule has 3 aromatic heterocycles. The standard InChI is InChI=1S/C32H30N8O2/c1-20(2)29-33-30-27(31(41)40(24-8-4-3-5-9-24)32(42)39(30)19-21-12-13-21)38(29)18-22-14-16-23(17-15-22)25-10-6-7-11-26(25)28-34-36-37-35-28/h3-11,14-17,20-21H,12-13,18-19H2,1-2H3,(H,34,35,36,37). The molecule has 7 rings (SSSR count). The zero-order chi connectivity index (χ0) is 28.8. The van der Waals surface area contributed by atoms with E-state index in [9.17, 15) is 9.59 Å². The molecular weight excluding hydrogens is 528 g/mol. The van der Waals surface area contributed by atoms with Crippen molar-refractivity contribution < 1.29 is 0 Å². The Labute approximate surface area is 241 Å². The topological polar surface area (TPSA) is 116 Å². The molecule has 3 heterocycles. The van der Waals surface area contributed by atoms with Crippen LogP contribution in [-0.2, 0) is 13.1 Å². The fraction of sp³-hybridized carbons (Fsp3) is 0.250. The van der Waals surface area contributed by atoms with E-state index in [-0.39, 0.29) is 17.2 Å². The molecule has 0 atom stereocenters. The number of tetrazole rings is 1. The molecule has 1 N–H and O–H groups in total. The van der Waals surface area contributed by atoms with Crippen LogP contribution >= 0.6 is 0 Å². The summed E-state index contributed by atoms with van der Waals surface area (Å²) in [4.78, 5) is 32.8. The Kier molecular flexibility index (Phi) is 6.38. The van der Waals surface area contributed by atoms with Crippen molar-refractivity contribution in [1.29, 1.82) is 0 Å². The highest BCUT2D eigenvalue weighted by atomic mass is 16.2. The molecule has 0 radical (unpaired) electrons. The first-order chi connectivity index (χ1) is 20.5. The molecular formula is C32H30N8O2. The molecule has 0 amide bonds. The molecule has 0 bridgehead atoms. The van der Waals surface area contributed by atoms with E-state index in [0.29, 0.717) is 41.7 Å². The van der Waals surface area contributed by atoms with Gasteiger partial charge in [0.2, 0.25) is 0 Å². The lowest BCUT2D eigenvalue weighted by atomic mass is 9.98. The summed E-state index contributed by atoms with van der Waals surface area (Å²) < 4.78 is 5.00. The number of hydrogen-bond donors (Lipinski definition) is 1. The van der Waals surface area contributed by atoms with Crippen LogP contribution in [0.5, 0.6) is 0 Å². The number of aromatic amines is 1. The molecule has 42 heavy (non-hydrogen) atoms. The summed E-state index contributed by atoms with van der Waals surface area (Å²) in [7, 11) is 0. The van der Waals surface area contributed by atoms with Crippen LogP contribution in [0.1, 0.15) is 44.0 Å². The normalized spacial score (nSPS) is 13.3. The van der Waals surface area contributed by atoms with E-state index >= 15 is 0 Å². The first kappa shape index (κ1) is 25.8. The molecule has 0 saturated heterocycles. The largest absolute Gasteiger partial charge is 0.337 e. The summed E-state index contributed by atoms with van der Waals surface area (Å²) in [5.74, 6) is 1.87. The number of imidazole rings is 1. The molecule has 3 aromatic carbocycles. The maximum Gasteiger partial charge on any atom is 0.337 e. The predicted molar refractivity (Wildman–Crippen MR) is 161 cm³/mol. The van der Waals surface area contributed by atoms with Crippen molar-refractivity contribution in [2.75, 3.05) is 0 Å². The van der Waals surface area contributed by atoms with Crippen LogP contribution in [0.3, 0.4) is 0 Å². The quantitative estimate of drug-likeness (QED) is 0.288. The van der Waals surface area contributed by atoms with E-state index in [4.69, 9.17) is 4.98 Å². The lowest BCUT2D eigenvalue weighted by molar-refractivity contribution is 0.591. The van der Waals surface area contributed by atoms with Gasteiger partial charge >= 0.3 is 5.69 Å². The highest BCUT2D eigenvalue weighted by molar-refractivity contribution is 5.80. The van der Waals surface area contributed by atoms with Gasteiger partial charge in [-0.25, -0.2) is 19.4 Å². The van der Waals surface area contributed by atoms with E-state index in [1.165, 1.54) is 4.57 Å².